The van der Waals surface area contributed by atoms with E-state index in [2.05, 4.69) is 5.32 Å². The van der Waals surface area contributed by atoms with Crippen molar-refractivity contribution < 1.29 is 14.0 Å². The molecule has 4 rings (SSSR count). The van der Waals surface area contributed by atoms with E-state index in [-0.39, 0.29) is 30.0 Å². The summed E-state index contributed by atoms with van der Waals surface area (Å²) in [5.41, 5.74) is 2.40. The van der Waals surface area contributed by atoms with E-state index in [0.29, 0.717) is 5.56 Å². The summed E-state index contributed by atoms with van der Waals surface area (Å²) in [6.45, 7) is 2.08. The number of hydrogen-bond acceptors (Lipinski definition) is 3. The second-order valence-corrected chi connectivity index (χ2v) is 6.69. The first kappa shape index (κ1) is 17.8. The summed E-state index contributed by atoms with van der Waals surface area (Å²) in [4.78, 5) is 25.4. The number of ketones is 1. The van der Waals surface area contributed by atoms with Crippen LogP contribution in [-0.4, -0.2) is 16.3 Å². The van der Waals surface area contributed by atoms with Gasteiger partial charge < -0.3 is 14.3 Å². The second kappa shape index (κ2) is 7.56. The Kier molecular flexibility index (Phi) is 4.81. The van der Waals surface area contributed by atoms with Gasteiger partial charge in [0.2, 0.25) is 11.7 Å². The van der Waals surface area contributed by atoms with Crippen molar-refractivity contribution in [1.29, 1.82) is 0 Å². The van der Waals surface area contributed by atoms with E-state index in [1.165, 1.54) is 6.26 Å². The first-order valence-corrected chi connectivity index (χ1v) is 9.14. The van der Waals surface area contributed by atoms with Gasteiger partial charge in [-0.05, 0) is 30.7 Å². The van der Waals surface area contributed by atoms with Crippen LogP contribution in [0.15, 0.2) is 83.6 Å². The van der Waals surface area contributed by atoms with Crippen LogP contribution in [-0.2, 0) is 11.3 Å². The zero-order valence-electron chi connectivity index (χ0n) is 15.5. The van der Waals surface area contributed by atoms with Gasteiger partial charge in [0.05, 0.1) is 17.9 Å². The Bertz CT molecular complexity index is 1110. The Labute approximate surface area is 162 Å². The summed E-state index contributed by atoms with van der Waals surface area (Å²) in [7, 11) is 0. The lowest BCUT2D eigenvalue weighted by Gasteiger charge is -2.15. The quantitative estimate of drug-likeness (QED) is 0.512. The van der Waals surface area contributed by atoms with Crippen LogP contribution < -0.4 is 5.32 Å². The molecule has 0 saturated heterocycles. The summed E-state index contributed by atoms with van der Waals surface area (Å²) in [6.07, 6.45) is 3.20. The molecule has 0 aliphatic carbocycles. The van der Waals surface area contributed by atoms with Gasteiger partial charge in [-0.1, -0.05) is 48.5 Å². The summed E-state index contributed by atoms with van der Waals surface area (Å²) >= 11 is 0. The third kappa shape index (κ3) is 3.47. The number of carbonyl (C=O) groups excluding carboxylic acids is 2. The number of carbonyl (C=O) groups is 2. The van der Waals surface area contributed by atoms with Crippen molar-refractivity contribution in [2.24, 2.45) is 0 Å². The fourth-order valence-corrected chi connectivity index (χ4v) is 3.37. The standard InChI is InChI=1S/C23H20N2O3/c1-16(17-8-3-2-4-9-17)24-22(26)15-25-14-19(18-10-5-6-11-20(18)25)23(27)21-12-7-13-28-21/h2-14,16H,15H2,1H3,(H,24,26)/t16-/m1/s1. The van der Waals surface area contributed by atoms with E-state index in [1.807, 2.05) is 61.5 Å². The lowest BCUT2D eigenvalue weighted by molar-refractivity contribution is -0.122. The van der Waals surface area contributed by atoms with Crippen molar-refractivity contribution in [2.75, 3.05) is 0 Å². The molecule has 2 heterocycles. The van der Waals surface area contributed by atoms with Gasteiger partial charge in [-0.25, -0.2) is 0 Å². The topological polar surface area (TPSA) is 64.2 Å². The Balaban J connectivity index is 1.59. The van der Waals surface area contributed by atoms with Gasteiger partial charge in [-0.2, -0.15) is 0 Å². The number of fused-ring (bicyclic) bond motifs is 1. The van der Waals surface area contributed by atoms with Gasteiger partial charge in [-0.15, -0.1) is 0 Å². The largest absolute Gasteiger partial charge is 0.461 e. The Morgan fingerprint density at radius 3 is 2.50 bits per heavy atom. The SMILES string of the molecule is C[C@@H](NC(=O)Cn1cc(C(=O)c2ccco2)c2ccccc21)c1ccccc1. The fourth-order valence-electron chi connectivity index (χ4n) is 3.37. The number of nitrogens with zero attached hydrogens (tertiary/aromatic N) is 1. The number of para-hydroxylation sites is 1. The first-order valence-electron chi connectivity index (χ1n) is 9.14. The molecule has 140 valence electrons. The molecule has 0 fully saturated rings. The minimum atomic E-state index is -0.196. The van der Waals surface area contributed by atoms with Crippen LogP contribution in [0.5, 0.6) is 0 Å². The minimum Gasteiger partial charge on any atom is -0.461 e. The molecule has 0 radical (unpaired) electrons. The normalized spacial score (nSPS) is 12.0. The summed E-state index contributed by atoms with van der Waals surface area (Å²) in [5.74, 6) is -0.0304. The number of furan rings is 1. The molecule has 5 nitrogen and oxygen atoms in total. The molecule has 2 aromatic carbocycles. The Morgan fingerprint density at radius 1 is 1.00 bits per heavy atom. The average Bonchev–Trinajstić information content (AvgIpc) is 3.37. The fraction of sp³-hybridized carbons (Fsp3) is 0.130. The van der Waals surface area contributed by atoms with Crippen LogP contribution in [0.25, 0.3) is 10.9 Å². The van der Waals surface area contributed by atoms with Crippen molar-refractivity contribution in [2.45, 2.75) is 19.5 Å². The highest BCUT2D eigenvalue weighted by atomic mass is 16.3. The van der Waals surface area contributed by atoms with Crippen molar-refractivity contribution in [1.82, 2.24) is 9.88 Å². The molecule has 28 heavy (non-hydrogen) atoms. The van der Waals surface area contributed by atoms with Crippen LogP contribution in [0.2, 0.25) is 0 Å². The van der Waals surface area contributed by atoms with Crippen LogP contribution >= 0.6 is 0 Å². The van der Waals surface area contributed by atoms with Gasteiger partial charge in [0, 0.05) is 17.1 Å². The minimum absolute atomic E-state index is 0.0975. The van der Waals surface area contributed by atoms with Gasteiger partial charge in [0.15, 0.2) is 5.76 Å². The van der Waals surface area contributed by atoms with E-state index in [0.717, 1.165) is 16.5 Å². The molecule has 0 bridgehead atoms. The zero-order chi connectivity index (χ0) is 19.5. The third-order valence-electron chi connectivity index (χ3n) is 4.77. The van der Waals surface area contributed by atoms with Crippen molar-refractivity contribution in [3.63, 3.8) is 0 Å². The maximum atomic E-state index is 12.8. The van der Waals surface area contributed by atoms with E-state index in [1.54, 1.807) is 22.9 Å². The predicted octanol–water partition coefficient (Wildman–Crippen LogP) is 4.34. The summed E-state index contributed by atoms with van der Waals surface area (Å²) < 4.78 is 7.06. The van der Waals surface area contributed by atoms with Crippen LogP contribution in [0.4, 0.5) is 0 Å². The molecular formula is C23H20N2O3. The Hall–Kier alpha value is -3.60. The van der Waals surface area contributed by atoms with Crippen molar-refractivity contribution in [3.05, 3.63) is 96.1 Å². The highest BCUT2D eigenvalue weighted by Gasteiger charge is 2.19. The number of benzene rings is 2. The number of rotatable bonds is 6. The lowest BCUT2D eigenvalue weighted by Crippen LogP contribution is -2.29. The molecule has 2 aromatic heterocycles. The molecule has 1 N–H and O–H groups in total. The summed E-state index contributed by atoms with van der Waals surface area (Å²) in [5, 5.41) is 3.81. The lowest BCUT2D eigenvalue weighted by atomic mass is 10.1. The van der Waals surface area contributed by atoms with E-state index < -0.39 is 0 Å². The van der Waals surface area contributed by atoms with Crippen molar-refractivity contribution >= 4 is 22.6 Å². The zero-order valence-corrected chi connectivity index (χ0v) is 15.5. The molecule has 0 saturated carbocycles. The summed E-state index contributed by atoms with van der Waals surface area (Å²) in [6, 6.07) is 20.6. The molecular weight excluding hydrogens is 352 g/mol. The highest BCUT2D eigenvalue weighted by Crippen LogP contribution is 2.24. The number of nitrogens with one attached hydrogen (secondary N) is 1. The van der Waals surface area contributed by atoms with E-state index in [9.17, 15) is 9.59 Å². The number of aromatic nitrogens is 1. The van der Waals surface area contributed by atoms with Crippen LogP contribution in [0, 0.1) is 0 Å². The van der Waals surface area contributed by atoms with Crippen molar-refractivity contribution in [3.8, 4) is 0 Å². The maximum absolute atomic E-state index is 12.8. The second-order valence-electron chi connectivity index (χ2n) is 6.69. The highest BCUT2D eigenvalue weighted by molar-refractivity contribution is 6.15. The molecule has 0 aliphatic rings. The molecule has 4 aromatic rings. The monoisotopic (exact) mass is 372 g/mol. The number of hydrogen-bond donors (Lipinski definition) is 1. The van der Waals surface area contributed by atoms with Gasteiger partial charge >= 0.3 is 0 Å². The molecule has 1 atom stereocenters. The van der Waals surface area contributed by atoms with Crippen LogP contribution in [0.3, 0.4) is 0 Å². The molecule has 0 aliphatic heterocycles. The predicted molar refractivity (Wildman–Crippen MR) is 107 cm³/mol. The third-order valence-corrected chi connectivity index (χ3v) is 4.77. The molecule has 1 amide bonds. The maximum Gasteiger partial charge on any atom is 0.240 e. The smallest absolute Gasteiger partial charge is 0.240 e. The Morgan fingerprint density at radius 2 is 1.75 bits per heavy atom. The average molecular weight is 372 g/mol. The molecule has 0 unspecified atom stereocenters. The van der Waals surface area contributed by atoms with Gasteiger partial charge in [0.1, 0.15) is 6.54 Å². The van der Waals surface area contributed by atoms with Gasteiger partial charge in [0.25, 0.3) is 0 Å². The van der Waals surface area contributed by atoms with E-state index >= 15 is 0 Å². The van der Waals surface area contributed by atoms with Crippen LogP contribution in [0.1, 0.15) is 34.6 Å². The first-order chi connectivity index (χ1) is 13.6. The number of amides is 1. The van der Waals surface area contributed by atoms with E-state index in [4.69, 9.17) is 4.42 Å². The molecule has 5 heteroatoms. The van der Waals surface area contributed by atoms with Gasteiger partial charge in [-0.3, -0.25) is 9.59 Å². The molecule has 0 spiro atoms.